The van der Waals surface area contributed by atoms with Gasteiger partial charge in [-0.05, 0) is 56.5 Å². The Morgan fingerprint density at radius 3 is 2.29 bits per heavy atom. The van der Waals surface area contributed by atoms with Crippen molar-refractivity contribution in [3.8, 4) is 0 Å². The molecular weight excluding hydrogens is 300 g/mol. The number of nitrogens with zero attached hydrogens (tertiary/aromatic N) is 2. The van der Waals surface area contributed by atoms with Gasteiger partial charge in [0.25, 0.3) is 0 Å². The number of piperidine rings is 2. The molecule has 0 radical (unpaired) electrons. The Morgan fingerprint density at radius 2 is 1.58 bits per heavy atom. The number of hydrogen-bond acceptors (Lipinski definition) is 3. The molecule has 2 aliphatic heterocycles. The van der Waals surface area contributed by atoms with E-state index < -0.39 is 0 Å². The predicted octanol–water partition coefficient (Wildman–Crippen LogP) is 2.39. The highest BCUT2D eigenvalue weighted by Crippen LogP contribution is 2.20. The lowest BCUT2D eigenvalue weighted by Crippen LogP contribution is -2.44. The van der Waals surface area contributed by atoms with Gasteiger partial charge in [-0.15, -0.1) is 0 Å². The molecule has 0 bridgehead atoms. The molecule has 0 aromatic rings. The fourth-order valence-corrected chi connectivity index (χ4v) is 4.36. The van der Waals surface area contributed by atoms with Crippen LogP contribution in [0.3, 0.4) is 0 Å². The molecule has 2 fully saturated rings. The maximum atomic E-state index is 11.8. The van der Waals surface area contributed by atoms with Crippen LogP contribution in [-0.4, -0.2) is 68.2 Å². The van der Waals surface area contributed by atoms with Gasteiger partial charge in [0.05, 0.1) is 0 Å². The van der Waals surface area contributed by atoms with Gasteiger partial charge in [-0.2, -0.15) is 0 Å². The molecule has 2 saturated heterocycles. The second kappa shape index (κ2) is 10.2. The van der Waals surface area contributed by atoms with Crippen LogP contribution in [-0.2, 0) is 0 Å². The van der Waals surface area contributed by atoms with E-state index in [1.807, 2.05) is 0 Å². The fourth-order valence-electron chi connectivity index (χ4n) is 4.36. The molecule has 2 heterocycles. The van der Waals surface area contributed by atoms with Gasteiger partial charge < -0.3 is 20.4 Å². The zero-order valence-corrected chi connectivity index (χ0v) is 16.0. The van der Waals surface area contributed by atoms with Gasteiger partial charge in [0.2, 0.25) is 0 Å². The van der Waals surface area contributed by atoms with Gasteiger partial charge >= 0.3 is 6.03 Å². The largest absolute Gasteiger partial charge is 0.338 e. The number of urea groups is 1. The maximum absolute atomic E-state index is 11.8. The van der Waals surface area contributed by atoms with Gasteiger partial charge in [0.15, 0.2) is 0 Å². The minimum absolute atomic E-state index is 0.0135. The highest BCUT2D eigenvalue weighted by Gasteiger charge is 2.21. The normalized spacial score (nSPS) is 29.4. The first kappa shape index (κ1) is 19.5. The summed E-state index contributed by atoms with van der Waals surface area (Å²) in [5, 5.41) is 5.99. The summed E-state index contributed by atoms with van der Waals surface area (Å²) in [6, 6.07) is -0.0135. The maximum Gasteiger partial charge on any atom is 0.314 e. The third-order valence-corrected chi connectivity index (χ3v) is 5.34. The Bertz CT molecular complexity index is 366. The summed E-state index contributed by atoms with van der Waals surface area (Å²) < 4.78 is 0. The lowest BCUT2D eigenvalue weighted by atomic mass is 9.92. The van der Waals surface area contributed by atoms with Crippen molar-refractivity contribution in [1.82, 2.24) is 20.4 Å². The van der Waals surface area contributed by atoms with Crippen LogP contribution in [0.25, 0.3) is 0 Å². The third-order valence-electron chi connectivity index (χ3n) is 5.34. The van der Waals surface area contributed by atoms with Gasteiger partial charge in [0, 0.05) is 39.3 Å². The monoisotopic (exact) mass is 338 g/mol. The summed E-state index contributed by atoms with van der Waals surface area (Å²) in [4.78, 5) is 16.9. The topological polar surface area (TPSA) is 47.6 Å². The lowest BCUT2D eigenvalue weighted by molar-refractivity contribution is 0.139. The van der Waals surface area contributed by atoms with Crippen LogP contribution in [0.1, 0.15) is 46.5 Å². The van der Waals surface area contributed by atoms with Crippen molar-refractivity contribution in [2.45, 2.75) is 46.5 Å². The Morgan fingerprint density at radius 1 is 0.917 bits per heavy atom. The Kier molecular flexibility index (Phi) is 8.33. The first-order valence-electron chi connectivity index (χ1n) is 9.99. The van der Waals surface area contributed by atoms with E-state index in [0.29, 0.717) is 0 Å². The minimum Gasteiger partial charge on any atom is -0.338 e. The number of carbonyl (C=O) groups excluding carboxylic acids is 1. The SMILES string of the molecule is CC1CCCN(CCNC(=O)NCCCN2CC(C)CC(C)C2)C1. The summed E-state index contributed by atoms with van der Waals surface area (Å²) in [7, 11) is 0. The van der Waals surface area contributed by atoms with E-state index >= 15 is 0 Å². The molecule has 2 N–H and O–H groups in total. The number of likely N-dealkylation sites (tertiary alicyclic amines) is 2. The molecule has 0 aromatic carbocycles. The average molecular weight is 339 g/mol. The van der Waals surface area contributed by atoms with E-state index in [0.717, 1.165) is 50.4 Å². The van der Waals surface area contributed by atoms with Crippen molar-refractivity contribution in [3.05, 3.63) is 0 Å². The molecule has 2 aliphatic rings. The van der Waals surface area contributed by atoms with Crippen molar-refractivity contribution in [2.24, 2.45) is 17.8 Å². The zero-order chi connectivity index (χ0) is 17.4. The van der Waals surface area contributed by atoms with Crippen LogP contribution in [0.4, 0.5) is 4.79 Å². The van der Waals surface area contributed by atoms with Crippen LogP contribution >= 0.6 is 0 Å². The number of rotatable bonds is 7. The van der Waals surface area contributed by atoms with E-state index in [-0.39, 0.29) is 6.03 Å². The Balaban J connectivity index is 1.47. The van der Waals surface area contributed by atoms with Gasteiger partial charge in [0.1, 0.15) is 0 Å². The molecule has 2 amide bonds. The van der Waals surface area contributed by atoms with E-state index in [9.17, 15) is 4.79 Å². The molecule has 0 aromatic heterocycles. The minimum atomic E-state index is -0.0135. The van der Waals surface area contributed by atoms with Crippen LogP contribution < -0.4 is 10.6 Å². The number of carbonyl (C=O) groups is 1. The highest BCUT2D eigenvalue weighted by molar-refractivity contribution is 5.73. The molecule has 5 heteroatoms. The highest BCUT2D eigenvalue weighted by atomic mass is 16.2. The van der Waals surface area contributed by atoms with Crippen molar-refractivity contribution in [2.75, 3.05) is 52.4 Å². The number of hydrogen-bond donors (Lipinski definition) is 2. The number of nitrogens with one attached hydrogen (secondary N) is 2. The first-order chi connectivity index (χ1) is 11.5. The van der Waals surface area contributed by atoms with E-state index in [1.54, 1.807) is 0 Å². The van der Waals surface area contributed by atoms with Crippen molar-refractivity contribution in [3.63, 3.8) is 0 Å². The summed E-state index contributed by atoms with van der Waals surface area (Å²) in [6.45, 7) is 15.4. The van der Waals surface area contributed by atoms with Gasteiger partial charge in [-0.25, -0.2) is 4.79 Å². The smallest absolute Gasteiger partial charge is 0.314 e. The van der Waals surface area contributed by atoms with Crippen LogP contribution in [0.15, 0.2) is 0 Å². The molecule has 24 heavy (non-hydrogen) atoms. The summed E-state index contributed by atoms with van der Waals surface area (Å²) in [6.07, 6.45) is 5.03. The molecule has 3 unspecified atom stereocenters. The van der Waals surface area contributed by atoms with E-state index in [4.69, 9.17) is 0 Å². The summed E-state index contributed by atoms with van der Waals surface area (Å²) in [5.41, 5.74) is 0. The molecule has 3 atom stereocenters. The molecule has 140 valence electrons. The Hall–Kier alpha value is -0.810. The Labute approximate surface area is 148 Å². The van der Waals surface area contributed by atoms with Crippen LogP contribution in [0.5, 0.6) is 0 Å². The fraction of sp³-hybridized carbons (Fsp3) is 0.947. The standard InChI is InChI=1S/C19H38N4O/c1-16-6-4-9-22(13-16)11-8-21-19(24)20-7-5-10-23-14-17(2)12-18(3)15-23/h16-18H,4-15H2,1-3H3,(H2,20,21,24). The van der Waals surface area contributed by atoms with Crippen LogP contribution in [0, 0.1) is 17.8 Å². The van der Waals surface area contributed by atoms with Crippen molar-refractivity contribution < 1.29 is 4.79 Å². The first-order valence-corrected chi connectivity index (χ1v) is 9.99. The van der Waals surface area contributed by atoms with Crippen LogP contribution in [0.2, 0.25) is 0 Å². The lowest BCUT2D eigenvalue weighted by Gasteiger charge is -2.34. The summed E-state index contributed by atoms with van der Waals surface area (Å²) >= 11 is 0. The predicted molar refractivity (Wildman–Crippen MR) is 100 cm³/mol. The molecule has 0 spiro atoms. The van der Waals surface area contributed by atoms with E-state index in [2.05, 4.69) is 41.2 Å². The quantitative estimate of drug-likeness (QED) is 0.701. The molecule has 2 rings (SSSR count). The van der Waals surface area contributed by atoms with Crippen molar-refractivity contribution >= 4 is 6.03 Å². The zero-order valence-electron chi connectivity index (χ0n) is 16.0. The van der Waals surface area contributed by atoms with Crippen molar-refractivity contribution in [1.29, 1.82) is 0 Å². The second-order valence-electron chi connectivity index (χ2n) is 8.29. The van der Waals surface area contributed by atoms with Gasteiger partial charge in [-0.1, -0.05) is 20.8 Å². The number of amides is 2. The molecule has 5 nitrogen and oxygen atoms in total. The second-order valence-corrected chi connectivity index (χ2v) is 8.29. The van der Waals surface area contributed by atoms with Gasteiger partial charge in [-0.3, -0.25) is 0 Å². The third kappa shape index (κ3) is 7.39. The van der Waals surface area contributed by atoms with E-state index in [1.165, 1.54) is 45.4 Å². The molecule has 0 aliphatic carbocycles. The summed E-state index contributed by atoms with van der Waals surface area (Å²) in [5.74, 6) is 2.41. The molecule has 0 saturated carbocycles. The average Bonchev–Trinajstić information content (AvgIpc) is 2.51. The molecular formula is C19H38N4O.